The Bertz CT molecular complexity index is 551. The van der Waals surface area contributed by atoms with Gasteiger partial charge in [-0.25, -0.2) is 4.98 Å². The molecule has 0 amide bonds. The van der Waals surface area contributed by atoms with Crippen molar-refractivity contribution in [2.24, 2.45) is 0 Å². The molecule has 0 saturated heterocycles. The van der Waals surface area contributed by atoms with Gasteiger partial charge in [0.25, 0.3) is 0 Å². The second-order valence-corrected chi connectivity index (χ2v) is 4.58. The molecule has 0 fully saturated rings. The largest absolute Gasteiger partial charge is 0.369 e. The highest BCUT2D eigenvalue weighted by atomic mass is 35.5. The molecule has 6 heteroatoms. The fourth-order valence-corrected chi connectivity index (χ4v) is 2.15. The van der Waals surface area contributed by atoms with Gasteiger partial charge in [-0.15, -0.1) is 0 Å². The normalized spacial score (nSPS) is 10.7. The monoisotopic (exact) mass is 284 g/mol. The minimum Gasteiger partial charge on any atom is -0.369 e. The standard InChI is InChI=1S/C12H14Cl2N4/c1-3-15-12-10(14)5-9(13)11(17-12)8-6-16-18(4-2)7-8/h5-7H,3-4H2,1-2H3,(H,15,17). The predicted molar refractivity (Wildman–Crippen MR) is 75.3 cm³/mol. The molecule has 0 aliphatic heterocycles. The van der Waals surface area contributed by atoms with Gasteiger partial charge >= 0.3 is 0 Å². The zero-order valence-electron chi connectivity index (χ0n) is 10.2. The number of halogens is 2. The van der Waals surface area contributed by atoms with Gasteiger partial charge in [0.15, 0.2) is 0 Å². The SMILES string of the molecule is CCNc1nc(-c2cnn(CC)c2)c(Cl)cc1Cl. The molecule has 0 aliphatic rings. The minimum absolute atomic E-state index is 0.522. The van der Waals surface area contributed by atoms with E-state index in [-0.39, 0.29) is 0 Å². The Morgan fingerprint density at radius 1 is 1.28 bits per heavy atom. The Kier molecular flexibility index (Phi) is 4.09. The Labute approximate surface area is 116 Å². The molecule has 96 valence electrons. The Balaban J connectivity index is 2.46. The van der Waals surface area contributed by atoms with E-state index in [0.717, 1.165) is 18.7 Å². The Hall–Kier alpha value is -1.26. The molecule has 0 saturated carbocycles. The molecule has 0 radical (unpaired) electrons. The van der Waals surface area contributed by atoms with E-state index in [1.807, 2.05) is 24.7 Å². The van der Waals surface area contributed by atoms with Crippen LogP contribution in [0.4, 0.5) is 5.82 Å². The summed E-state index contributed by atoms with van der Waals surface area (Å²) < 4.78 is 1.83. The van der Waals surface area contributed by atoms with Crippen molar-refractivity contribution in [1.82, 2.24) is 14.8 Å². The molecular weight excluding hydrogens is 271 g/mol. The van der Waals surface area contributed by atoms with Gasteiger partial charge in [0.05, 0.1) is 21.9 Å². The second kappa shape index (κ2) is 5.59. The highest BCUT2D eigenvalue weighted by Crippen LogP contribution is 2.32. The van der Waals surface area contributed by atoms with Gasteiger partial charge in [0.1, 0.15) is 5.82 Å². The number of pyridine rings is 1. The molecule has 2 aromatic rings. The maximum Gasteiger partial charge on any atom is 0.145 e. The zero-order chi connectivity index (χ0) is 13.1. The van der Waals surface area contributed by atoms with Crippen LogP contribution in [0.15, 0.2) is 18.5 Å². The molecule has 18 heavy (non-hydrogen) atoms. The van der Waals surface area contributed by atoms with Gasteiger partial charge in [-0.05, 0) is 19.9 Å². The molecule has 2 heterocycles. The lowest BCUT2D eigenvalue weighted by Gasteiger charge is -2.08. The van der Waals surface area contributed by atoms with Crippen LogP contribution in [0.1, 0.15) is 13.8 Å². The number of nitrogens with zero attached hydrogens (tertiary/aromatic N) is 3. The fourth-order valence-electron chi connectivity index (χ4n) is 1.62. The van der Waals surface area contributed by atoms with Gasteiger partial charge in [-0.3, -0.25) is 4.68 Å². The summed E-state index contributed by atoms with van der Waals surface area (Å²) in [5, 5.41) is 8.37. The van der Waals surface area contributed by atoms with Crippen molar-refractivity contribution in [3.05, 3.63) is 28.5 Å². The van der Waals surface area contributed by atoms with Crippen LogP contribution < -0.4 is 5.32 Å². The molecule has 0 unspecified atom stereocenters. The van der Waals surface area contributed by atoms with Crippen molar-refractivity contribution in [2.75, 3.05) is 11.9 Å². The van der Waals surface area contributed by atoms with Crippen molar-refractivity contribution in [1.29, 1.82) is 0 Å². The lowest BCUT2D eigenvalue weighted by atomic mass is 10.2. The lowest BCUT2D eigenvalue weighted by Crippen LogP contribution is -2.01. The summed E-state index contributed by atoms with van der Waals surface area (Å²) in [4.78, 5) is 4.45. The molecule has 0 aliphatic carbocycles. The first-order valence-corrected chi connectivity index (χ1v) is 6.54. The summed E-state index contributed by atoms with van der Waals surface area (Å²) in [5.74, 6) is 0.641. The zero-order valence-corrected chi connectivity index (χ0v) is 11.8. The quantitative estimate of drug-likeness (QED) is 0.931. The first kappa shape index (κ1) is 13.2. The molecule has 2 rings (SSSR count). The third kappa shape index (κ3) is 2.60. The Morgan fingerprint density at radius 2 is 2.06 bits per heavy atom. The maximum atomic E-state index is 6.18. The number of rotatable bonds is 4. The van der Waals surface area contributed by atoms with Crippen molar-refractivity contribution in [3.63, 3.8) is 0 Å². The van der Waals surface area contributed by atoms with Crippen molar-refractivity contribution in [2.45, 2.75) is 20.4 Å². The topological polar surface area (TPSA) is 42.7 Å². The fraction of sp³-hybridized carbons (Fsp3) is 0.333. The molecule has 1 N–H and O–H groups in total. The molecule has 2 aromatic heterocycles. The van der Waals surface area contributed by atoms with E-state index in [0.29, 0.717) is 21.6 Å². The molecular formula is C12H14Cl2N4. The lowest BCUT2D eigenvalue weighted by molar-refractivity contribution is 0.660. The predicted octanol–water partition coefficient (Wildman–Crippen LogP) is 3.70. The summed E-state index contributed by atoms with van der Waals surface area (Å²) in [6.07, 6.45) is 3.67. The summed E-state index contributed by atoms with van der Waals surface area (Å²) >= 11 is 12.2. The number of nitrogens with one attached hydrogen (secondary N) is 1. The van der Waals surface area contributed by atoms with E-state index in [4.69, 9.17) is 23.2 Å². The van der Waals surface area contributed by atoms with Gasteiger partial charge < -0.3 is 5.32 Å². The number of aromatic nitrogens is 3. The van der Waals surface area contributed by atoms with Gasteiger partial charge in [0.2, 0.25) is 0 Å². The van der Waals surface area contributed by atoms with E-state index in [1.54, 1.807) is 12.3 Å². The maximum absolute atomic E-state index is 6.18. The van der Waals surface area contributed by atoms with E-state index in [1.165, 1.54) is 0 Å². The molecule has 0 bridgehead atoms. The van der Waals surface area contributed by atoms with Crippen LogP contribution in [0, 0.1) is 0 Å². The summed E-state index contributed by atoms with van der Waals surface area (Å²) in [6, 6.07) is 1.70. The molecule has 0 atom stereocenters. The summed E-state index contributed by atoms with van der Waals surface area (Å²) in [6.45, 7) is 5.58. The van der Waals surface area contributed by atoms with Crippen LogP contribution in [0.5, 0.6) is 0 Å². The van der Waals surface area contributed by atoms with Crippen LogP contribution in [-0.2, 0) is 6.54 Å². The van der Waals surface area contributed by atoms with E-state index < -0.39 is 0 Å². The molecule has 4 nitrogen and oxygen atoms in total. The Morgan fingerprint density at radius 3 is 2.67 bits per heavy atom. The number of aryl methyl sites for hydroxylation is 1. The average molecular weight is 285 g/mol. The van der Waals surface area contributed by atoms with Crippen LogP contribution in [0.25, 0.3) is 11.3 Å². The minimum atomic E-state index is 0.522. The van der Waals surface area contributed by atoms with E-state index >= 15 is 0 Å². The summed E-state index contributed by atoms with van der Waals surface area (Å²) in [7, 11) is 0. The first-order valence-electron chi connectivity index (χ1n) is 5.78. The molecule has 0 aromatic carbocycles. The number of anilines is 1. The second-order valence-electron chi connectivity index (χ2n) is 3.76. The smallest absolute Gasteiger partial charge is 0.145 e. The van der Waals surface area contributed by atoms with Gasteiger partial charge in [-0.1, -0.05) is 23.2 Å². The number of hydrogen-bond donors (Lipinski definition) is 1. The van der Waals surface area contributed by atoms with Crippen LogP contribution in [0.2, 0.25) is 10.0 Å². The highest BCUT2D eigenvalue weighted by Gasteiger charge is 2.12. The van der Waals surface area contributed by atoms with Crippen molar-refractivity contribution in [3.8, 4) is 11.3 Å². The van der Waals surface area contributed by atoms with Crippen molar-refractivity contribution >= 4 is 29.0 Å². The van der Waals surface area contributed by atoms with Gasteiger partial charge in [0, 0.05) is 24.8 Å². The highest BCUT2D eigenvalue weighted by molar-refractivity contribution is 6.37. The average Bonchev–Trinajstić information content (AvgIpc) is 2.81. The third-order valence-electron chi connectivity index (χ3n) is 2.50. The van der Waals surface area contributed by atoms with Crippen LogP contribution in [0.3, 0.4) is 0 Å². The van der Waals surface area contributed by atoms with E-state index in [9.17, 15) is 0 Å². The third-order valence-corrected chi connectivity index (χ3v) is 3.08. The summed E-state index contributed by atoms with van der Waals surface area (Å²) in [5.41, 5.74) is 1.58. The van der Waals surface area contributed by atoms with Gasteiger partial charge in [-0.2, -0.15) is 5.10 Å². The van der Waals surface area contributed by atoms with Crippen LogP contribution >= 0.6 is 23.2 Å². The number of hydrogen-bond acceptors (Lipinski definition) is 3. The van der Waals surface area contributed by atoms with Crippen LogP contribution in [-0.4, -0.2) is 21.3 Å². The molecule has 0 spiro atoms. The van der Waals surface area contributed by atoms with Crippen molar-refractivity contribution < 1.29 is 0 Å². The van der Waals surface area contributed by atoms with E-state index in [2.05, 4.69) is 15.4 Å². The first-order chi connectivity index (χ1) is 8.65.